The molecule has 304 valence electrons. The monoisotopic (exact) mass is 733 g/mol. The van der Waals surface area contributed by atoms with Crippen molar-refractivity contribution in [2.45, 2.75) is 253 Å². The maximum Gasteiger partial charge on any atom is 0.122 e. The number of rotatable bonds is 32. The summed E-state index contributed by atoms with van der Waals surface area (Å²) >= 11 is 0. The summed E-state index contributed by atoms with van der Waals surface area (Å²) in [7, 11) is 0. The van der Waals surface area contributed by atoms with Crippen LogP contribution in [-0.2, 0) is 43.9 Å². The molecule has 0 fully saturated rings. The molecule has 2 heteroatoms. The summed E-state index contributed by atoms with van der Waals surface area (Å²) in [6.07, 6.45) is 35.3. The number of aryl methyl sites for hydroxylation is 2. The van der Waals surface area contributed by atoms with E-state index in [1.165, 1.54) is 173 Å². The zero-order valence-electron chi connectivity index (χ0n) is 36.8. The van der Waals surface area contributed by atoms with Crippen LogP contribution in [0.15, 0.2) is 12.1 Å². The lowest BCUT2D eigenvalue weighted by Crippen LogP contribution is -2.26. The number of phenols is 2. The average molecular weight is 733 g/mol. The van der Waals surface area contributed by atoms with Gasteiger partial charge in [0, 0.05) is 5.41 Å². The van der Waals surface area contributed by atoms with Gasteiger partial charge in [-0.1, -0.05) is 183 Å². The van der Waals surface area contributed by atoms with Gasteiger partial charge in [0.25, 0.3) is 0 Å². The van der Waals surface area contributed by atoms with Crippen LogP contribution in [0.2, 0.25) is 0 Å². The number of unbranched alkanes of at least 4 members (excludes halogenated alkanes) is 18. The van der Waals surface area contributed by atoms with Gasteiger partial charge in [-0.3, -0.25) is 0 Å². The van der Waals surface area contributed by atoms with Gasteiger partial charge in [0.05, 0.1) is 0 Å². The van der Waals surface area contributed by atoms with E-state index in [0.29, 0.717) is 11.5 Å². The Morgan fingerprint density at radius 2 is 0.585 bits per heavy atom. The predicted octanol–water partition coefficient (Wildman–Crippen LogP) is 16.2. The minimum absolute atomic E-state index is 0.242. The van der Waals surface area contributed by atoms with Crippen molar-refractivity contribution < 1.29 is 10.2 Å². The Balaban J connectivity index is 2.93. The van der Waals surface area contributed by atoms with Crippen molar-refractivity contribution in [3.05, 3.63) is 56.6 Å². The summed E-state index contributed by atoms with van der Waals surface area (Å²) in [6, 6.07) is 4.95. The van der Waals surface area contributed by atoms with Gasteiger partial charge in [0.15, 0.2) is 0 Å². The van der Waals surface area contributed by atoms with E-state index < -0.39 is 0 Å². The first-order valence-corrected chi connectivity index (χ1v) is 23.5. The fourth-order valence-corrected chi connectivity index (χ4v) is 8.81. The molecule has 0 bridgehead atoms. The highest BCUT2D eigenvalue weighted by Crippen LogP contribution is 2.46. The Hall–Kier alpha value is -1.96. The third kappa shape index (κ3) is 15.6. The van der Waals surface area contributed by atoms with E-state index in [0.717, 1.165) is 64.2 Å². The maximum atomic E-state index is 12.1. The summed E-state index contributed by atoms with van der Waals surface area (Å²) in [6.45, 7) is 18.8. The number of hydrogen-bond donors (Lipinski definition) is 2. The van der Waals surface area contributed by atoms with Gasteiger partial charge < -0.3 is 10.2 Å². The lowest BCUT2D eigenvalue weighted by molar-refractivity contribution is 0.451. The van der Waals surface area contributed by atoms with Crippen molar-refractivity contribution in [2.75, 3.05) is 0 Å². The Kier molecular flexibility index (Phi) is 24.6. The normalized spacial score (nSPS) is 11.9. The Bertz CT molecular complexity index is 1160. The van der Waals surface area contributed by atoms with Crippen molar-refractivity contribution in [3.63, 3.8) is 0 Å². The molecule has 0 saturated carbocycles. The van der Waals surface area contributed by atoms with Gasteiger partial charge in [-0.2, -0.15) is 0 Å². The summed E-state index contributed by atoms with van der Waals surface area (Å²) in [4.78, 5) is 0. The largest absolute Gasteiger partial charge is 0.507 e. The van der Waals surface area contributed by atoms with Gasteiger partial charge in [-0.15, -0.1) is 0 Å². The van der Waals surface area contributed by atoms with Crippen molar-refractivity contribution in [3.8, 4) is 11.5 Å². The molecule has 0 radical (unpaired) electrons. The van der Waals surface area contributed by atoms with E-state index in [-0.39, 0.29) is 5.41 Å². The topological polar surface area (TPSA) is 40.5 Å². The molecule has 2 nitrogen and oxygen atoms in total. The lowest BCUT2D eigenvalue weighted by atomic mass is 9.69. The number of benzene rings is 2. The first-order chi connectivity index (χ1) is 25.7. The highest BCUT2D eigenvalue weighted by Gasteiger charge is 2.33. The number of phenolic OH excluding ortho intramolecular Hbond substituents is 2. The van der Waals surface area contributed by atoms with E-state index in [1.807, 2.05) is 0 Å². The molecule has 2 aromatic carbocycles. The SMILES string of the molecule is CCCCCCc1cc(C(C)(C)c2cc(CCCCCC)c(O)c(CCCCCC)c2CCCCCC)c(CCCCCC)c(CCCCCC)c1O. The number of aromatic hydroxyl groups is 2. The Morgan fingerprint density at radius 3 is 0.849 bits per heavy atom. The van der Waals surface area contributed by atoms with Crippen LogP contribution in [0.5, 0.6) is 11.5 Å². The van der Waals surface area contributed by atoms with Crippen molar-refractivity contribution in [2.24, 2.45) is 0 Å². The highest BCUT2D eigenvalue weighted by molar-refractivity contribution is 5.59. The van der Waals surface area contributed by atoms with Gasteiger partial charge >= 0.3 is 0 Å². The zero-order chi connectivity index (χ0) is 38.9. The second kappa shape index (κ2) is 27.6. The Labute approximate surface area is 330 Å². The molecular formula is C51H88O2. The molecule has 53 heavy (non-hydrogen) atoms. The molecule has 0 heterocycles. The highest BCUT2D eigenvalue weighted by atomic mass is 16.3. The minimum atomic E-state index is -0.242. The van der Waals surface area contributed by atoms with Crippen molar-refractivity contribution in [1.82, 2.24) is 0 Å². The van der Waals surface area contributed by atoms with Gasteiger partial charge in [0.2, 0.25) is 0 Å². The van der Waals surface area contributed by atoms with Crippen LogP contribution in [0.4, 0.5) is 0 Å². The summed E-state index contributed by atoms with van der Waals surface area (Å²) < 4.78 is 0. The van der Waals surface area contributed by atoms with Crippen LogP contribution >= 0.6 is 0 Å². The summed E-state index contributed by atoms with van der Waals surface area (Å²) in [5.41, 5.74) is 10.4. The van der Waals surface area contributed by atoms with Crippen molar-refractivity contribution >= 4 is 0 Å². The lowest BCUT2D eigenvalue weighted by Gasteiger charge is -2.35. The summed E-state index contributed by atoms with van der Waals surface area (Å²) in [5.74, 6) is 1.23. The first-order valence-electron chi connectivity index (χ1n) is 23.5. The van der Waals surface area contributed by atoms with E-state index in [9.17, 15) is 10.2 Å². The minimum Gasteiger partial charge on any atom is -0.507 e. The van der Waals surface area contributed by atoms with E-state index in [2.05, 4.69) is 67.5 Å². The number of hydrogen-bond acceptors (Lipinski definition) is 2. The molecule has 0 unspecified atom stereocenters. The van der Waals surface area contributed by atoms with Crippen LogP contribution in [0.25, 0.3) is 0 Å². The fourth-order valence-electron chi connectivity index (χ4n) is 8.81. The molecule has 0 saturated heterocycles. The molecule has 2 N–H and O–H groups in total. The van der Waals surface area contributed by atoms with Gasteiger partial charge in [-0.25, -0.2) is 0 Å². The quantitative estimate of drug-likeness (QED) is 0.0735. The third-order valence-electron chi connectivity index (χ3n) is 12.3. The standard InChI is InChI=1S/C51H88O2/c1-9-15-21-27-33-41-39-47(43(35-29-23-17-11-3)45(49(41)52)37-31-25-19-13-5)51(7,8)48-40-42(34-28-22-16-10-2)50(53)46(38-32-26-20-14-6)44(48)36-30-24-18-12-4/h39-40,52-53H,9-38H2,1-8H3. The van der Waals surface area contributed by atoms with Crippen molar-refractivity contribution in [1.29, 1.82) is 0 Å². The first kappa shape index (κ1) is 47.2. The Morgan fingerprint density at radius 1 is 0.340 bits per heavy atom. The molecule has 0 amide bonds. The third-order valence-corrected chi connectivity index (χ3v) is 12.3. The van der Waals surface area contributed by atoms with E-state index in [1.54, 1.807) is 0 Å². The van der Waals surface area contributed by atoms with Crippen LogP contribution in [-0.4, -0.2) is 10.2 Å². The molecule has 0 aliphatic carbocycles. The van der Waals surface area contributed by atoms with Crippen LogP contribution in [0.1, 0.15) is 254 Å². The molecule has 0 atom stereocenters. The van der Waals surface area contributed by atoms with Crippen LogP contribution in [0, 0.1) is 0 Å². The van der Waals surface area contributed by atoms with Crippen LogP contribution in [0.3, 0.4) is 0 Å². The molecular weight excluding hydrogens is 645 g/mol. The van der Waals surface area contributed by atoms with E-state index in [4.69, 9.17) is 0 Å². The zero-order valence-corrected chi connectivity index (χ0v) is 36.8. The summed E-state index contributed by atoms with van der Waals surface area (Å²) in [5, 5.41) is 24.3. The van der Waals surface area contributed by atoms with Crippen LogP contribution < -0.4 is 0 Å². The molecule has 0 aliphatic rings. The molecule has 2 aromatic rings. The maximum absolute atomic E-state index is 12.1. The van der Waals surface area contributed by atoms with E-state index >= 15 is 0 Å². The molecule has 2 rings (SSSR count). The van der Waals surface area contributed by atoms with Gasteiger partial charge in [0.1, 0.15) is 11.5 Å². The second-order valence-electron chi connectivity index (χ2n) is 17.3. The average Bonchev–Trinajstić information content (AvgIpc) is 3.15. The predicted molar refractivity (Wildman–Crippen MR) is 235 cm³/mol. The van der Waals surface area contributed by atoms with Gasteiger partial charge in [-0.05, 0) is 122 Å². The molecule has 0 aliphatic heterocycles. The molecule has 0 aromatic heterocycles. The fraction of sp³-hybridized carbons (Fsp3) is 0.765. The smallest absolute Gasteiger partial charge is 0.122 e. The molecule has 0 spiro atoms. The second-order valence-corrected chi connectivity index (χ2v) is 17.3.